The van der Waals surface area contributed by atoms with Gasteiger partial charge < -0.3 is 15.6 Å². The molecule has 1 aliphatic carbocycles. The van der Waals surface area contributed by atoms with Gasteiger partial charge in [-0.1, -0.05) is 55.1 Å². The highest BCUT2D eigenvalue weighted by atomic mass is 35.5. The van der Waals surface area contributed by atoms with Crippen LogP contribution in [0.5, 0.6) is 0 Å². The maximum Gasteiger partial charge on any atom is 0.255 e. The molecule has 2 unspecified atom stereocenters. The van der Waals surface area contributed by atoms with Crippen molar-refractivity contribution in [3.8, 4) is 11.4 Å². The van der Waals surface area contributed by atoms with Gasteiger partial charge in [-0.05, 0) is 67.3 Å². The number of halogens is 2. The van der Waals surface area contributed by atoms with E-state index >= 15 is 0 Å². The molecule has 2 amide bonds. The number of carbonyl (C=O) groups is 2. The topological polar surface area (TPSA) is 86.9 Å². The van der Waals surface area contributed by atoms with Gasteiger partial charge in [0.25, 0.3) is 11.8 Å². The molecule has 0 saturated heterocycles. The molecule has 1 fully saturated rings. The normalized spacial score (nSPS) is 17.6. The summed E-state index contributed by atoms with van der Waals surface area (Å²) in [6, 6.07) is 17.8. The van der Waals surface area contributed by atoms with Gasteiger partial charge in [-0.15, -0.1) is 0 Å². The lowest BCUT2D eigenvalue weighted by atomic mass is 9.86. The number of imidazole rings is 1. The van der Waals surface area contributed by atoms with Gasteiger partial charge in [0.15, 0.2) is 0 Å². The standard InChI is InChI=1S/C28H26Cl2N4O2/c1-16-4-2-3-5-23(16)34-28(36)19-10-13-24-25(14-19)33-26(32-24)17-6-8-18(9-7-17)27(35)31-20-11-12-21(29)22(30)15-20/h6-16,23H,2-5H2,1H3,(H,31,35)(H,32,33)(H,34,36). The van der Waals surface area contributed by atoms with Crippen LogP contribution in [-0.4, -0.2) is 27.8 Å². The molecule has 1 aromatic heterocycles. The van der Waals surface area contributed by atoms with Crippen molar-refractivity contribution in [2.75, 3.05) is 5.32 Å². The third-order valence-electron chi connectivity index (χ3n) is 6.77. The first-order valence-corrected chi connectivity index (χ1v) is 12.8. The second kappa shape index (κ2) is 10.3. The third kappa shape index (κ3) is 5.25. The van der Waals surface area contributed by atoms with Crippen LogP contribution in [0.1, 0.15) is 53.3 Å². The molecule has 36 heavy (non-hydrogen) atoms. The van der Waals surface area contributed by atoms with Crippen molar-refractivity contribution in [3.05, 3.63) is 81.8 Å². The van der Waals surface area contributed by atoms with E-state index in [-0.39, 0.29) is 17.9 Å². The number of nitrogens with zero attached hydrogens (tertiary/aromatic N) is 1. The Kier molecular flexibility index (Phi) is 6.99. The van der Waals surface area contributed by atoms with Crippen LogP contribution in [0.25, 0.3) is 22.4 Å². The van der Waals surface area contributed by atoms with E-state index < -0.39 is 0 Å². The van der Waals surface area contributed by atoms with Crippen LogP contribution in [0.4, 0.5) is 5.69 Å². The van der Waals surface area contributed by atoms with E-state index in [4.69, 9.17) is 23.2 Å². The van der Waals surface area contributed by atoms with Crippen molar-refractivity contribution in [2.24, 2.45) is 5.92 Å². The largest absolute Gasteiger partial charge is 0.349 e. The molecule has 5 rings (SSSR count). The lowest BCUT2D eigenvalue weighted by Gasteiger charge is -2.29. The van der Waals surface area contributed by atoms with Crippen molar-refractivity contribution in [1.29, 1.82) is 0 Å². The van der Waals surface area contributed by atoms with Gasteiger partial charge in [0.1, 0.15) is 5.82 Å². The minimum atomic E-state index is -0.257. The summed E-state index contributed by atoms with van der Waals surface area (Å²) in [6.07, 6.45) is 4.58. The summed E-state index contributed by atoms with van der Waals surface area (Å²) < 4.78 is 0. The Hall–Kier alpha value is -3.35. The Morgan fingerprint density at radius 2 is 1.64 bits per heavy atom. The number of H-pyrrole nitrogens is 1. The molecule has 0 spiro atoms. The zero-order chi connectivity index (χ0) is 25.2. The highest BCUT2D eigenvalue weighted by molar-refractivity contribution is 6.42. The average molecular weight is 521 g/mol. The fourth-order valence-electron chi connectivity index (χ4n) is 4.62. The number of benzene rings is 3. The third-order valence-corrected chi connectivity index (χ3v) is 7.51. The molecule has 2 atom stereocenters. The summed E-state index contributed by atoms with van der Waals surface area (Å²) in [4.78, 5) is 33.4. The summed E-state index contributed by atoms with van der Waals surface area (Å²) in [6.45, 7) is 2.20. The number of carbonyl (C=O) groups excluding carboxylic acids is 2. The summed E-state index contributed by atoms with van der Waals surface area (Å²) in [5.74, 6) is 0.849. The molecule has 0 radical (unpaired) electrons. The van der Waals surface area contributed by atoms with Crippen molar-refractivity contribution in [3.63, 3.8) is 0 Å². The average Bonchev–Trinajstić information content (AvgIpc) is 3.31. The zero-order valence-corrected chi connectivity index (χ0v) is 21.3. The van der Waals surface area contributed by atoms with Crippen LogP contribution >= 0.6 is 23.2 Å². The van der Waals surface area contributed by atoms with E-state index in [1.54, 1.807) is 30.3 Å². The van der Waals surface area contributed by atoms with Gasteiger partial charge in [0, 0.05) is 28.4 Å². The summed E-state index contributed by atoms with van der Waals surface area (Å²) in [7, 11) is 0. The van der Waals surface area contributed by atoms with Crippen molar-refractivity contribution < 1.29 is 9.59 Å². The van der Waals surface area contributed by atoms with Crippen LogP contribution in [0.3, 0.4) is 0 Å². The summed E-state index contributed by atoms with van der Waals surface area (Å²) in [5, 5.41) is 6.81. The van der Waals surface area contributed by atoms with Gasteiger partial charge in [0.05, 0.1) is 21.1 Å². The Morgan fingerprint density at radius 1 is 0.889 bits per heavy atom. The van der Waals surface area contributed by atoms with Crippen molar-refractivity contribution in [2.45, 2.75) is 38.6 Å². The minimum Gasteiger partial charge on any atom is -0.349 e. The fraction of sp³-hybridized carbons (Fsp3) is 0.250. The Balaban J connectivity index is 1.29. The lowest BCUT2D eigenvalue weighted by molar-refractivity contribution is 0.0910. The monoisotopic (exact) mass is 520 g/mol. The van der Waals surface area contributed by atoms with Gasteiger partial charge in [-0.2, -0.15) is 0 Å². The number of amides is 2. The second-order valence-corrected chi connectivity index (χ2v) is 10.1. The number of rotatable bonds is 5. The molecule has 1 heterocycles. The maximum absolute atomic E-state index is 12.8. The predicted octanol–water partition coefficient (Wildman–Crippen LogP) is 7.10. The highest BCUT2D eigenvalue weighted by Gasteiger charge is 2.23. The highest BCUT2D eigenvalue weighted by Crippen LogP contribution is 2.27. The number of fused-ring (bicyclic) bond motifs is 1. The molecule has 3 N–H and O–H groups in total. The number of hydrogen-bond acceptors (Lipinski definition) is 3. The van der Waals surface area contributed by atoms with E-state index in [0.29, 0.717) is 38.6 Å². The molecule has 0 bridgehead atoms. The Labute approximate surface area is 219 Å². The van der Waals surface area contributed by atoms with Gasteiger partial charge in [0.2, 0.25) is 0 Å². The molecule has 8 heteroatoms. The quantitative estimate of drug-likeness (QED) is 0.262. The SMILES string of the molecule is CC1CCCCC1NC(=O)c1ccc2[nH]c(-c3ccc(C(=O)Nc4ccc(Cl)c(Cl)c4)cc3)nc2c1. The van der Waals surface area contributed by atoms with Crippen molar-refractivity contribution in [1.82, 2.24) is 15.3 Å². The number of anilines is 1. The fourth-order valence-corrected chi connectivity index (χ4v) is 4.92. The summed E-state index contributed by atoms with van der Waals surface area (Å²) in [5.41, 5.74) is 4.06. The maximum atomic E-state index is 12.8. The van der Waals surface area contributed by atoms with E-state index in [0.717, 1.165) is 35.9 Å². The van der Waals surface area contributed by atoms with Crippen LogP contribution in [0.2, 0.25) is 10.0 Å². The molecule has 4 aromatic rings. The van der Waals surface area contributed by atoms with E-state index in [1.165, 1.54) is 6.42 Å². The first-order chi connectivity index (χ1) is 17.4. The van der Waals surface area contributed by atoms with E-state index in [9.17, 15) is 9.59 Å². The van der Waals surface area contributed by atoms with E-state index in [1.807, 2.05) is 30.3 Å². The predicted molar refractivity (Wildman–Crippen MR) is 145 cm³/mol. The van der Waals surface area contributed by atoms with Gasteiger partial charge in [-0.25, -0.2) is 4.98 Å². The lowest BCUT2D eigenvalue weighted by Crippen LogP contribution is -2.41. The van der Waals surface area contributed by atoms with Crippen LogP contribution in [0, 0.1) is 5.92 Å². The number of aromatic amines is 1. The van der Waals surface area contributed by atoms with Crippen molar-refractivity contribution >= 4 is 51.7 Å². The van der Waals surface area contributed by atoms with Gasteiger partial charge >= 0.3 is 0 Å². The molecule has 0 aliphatic heterocycles. The molecule has 184 valence electrons. The number of nitrogens with one attached hydrogen (secondary N) is 3. The smallest absolute Gasteiger partial charge is 0.255 e. The van der Waals surface area contributed by atoms with Crippen LogP contribution in [0.15, 0.2) is 60.7 Å². The minimum absolute atomic E-state index is 0.0578. The first kappa shape index (κ1) is 24.3. The molecule has 3 aromatic carbocycles. The molecule has 6 nitrogen and oxygen atoms in total. The number of hydrogen-bond donors (Lipinski definition) is 3. The Bertz CT molecular complexity index is 1430. The molecule has 1 aliphatic rings. The summed E-state index contributed by atoms with van der Waals surface area (Å²) >= 11 is 12.0. The molecule has 1 saturated carbocycles. The zero-order valence-electron chi connectivity index (χ0n) is 19.8. The van der Waals surface area contributed by atoms with Crippen LogP contribution in [-0.2, 0) is 0 Å². The first-order valence-electron chi connectivity index (χ1n) is 12.0. The second-order valence-electron chi connectivity index (χ2n) is 9.32. The van der Waals surface area contributed by atoms with E-state index in [2.05, 4.69) is 27.5 Å². The van der Waals surface area contributed by atoms with Crippen LogP contribution < -0.4 is 10.6 Å². The molecular formula is C28H26Cl2N4O2. The number of aromatic nitrogens is 2. The van der Waals surface area contributed by atoms with Gasteiger partial charge in [-0.3, -0.25) is 9.59 Å². The molecular weight excluding hydrogens is 495 g/mol. The Morgan fingerprint density at radius 3 is 2.39 bits per heavy atom.